The number of anilines is 1. The molecule has 1 heterocycles. The predicted molar refractivity (Wildman–Crippen MR) is 75.1 cm³/mol. The van der Waals surface area contributed by atoms with Crippen LogP contribution in [-0.2, 0) is 0 Å². The van der Waals surface area contributed by atoms with E-state index in [9.17, 15) is 4.79 Å². The van der Waals surface area contributed by atoms with Gasteiger partial charge in [0, 0.05) is 0 Å². The number of benzene rings is 1. The third kappa shape index (κ3) is 3.41. The molecule has 21 heavy (non-hydrogen) atoms. The lowest BCUT2D eigenvalue weighted by Gasteiger charge is -2.09. The second-order valence-electron chi connectivity index (χ2n) is 3.92. The van der Waals surface area contributed by atoms with Crippen LogP contribution in [-0.4, -0.2) is 41.9 Å². The molecule has 0 spiro atoms. The Kier molecular flexibility index (Phi) is 4.60. The summed E-state index contributed by atoms with van der Waals surface area (Å²) in [6, 6.07) is 5.11. The fourth-order valence-electron chi connectivity index (χ4n) is 1.66. The number of carbonyl (C=O) groups is 1. The molecule has 2 N–H and O–H groups in total. The Morgan fingerprint density at radius 2 is 2.14 bits per heavy atom. The Bertz CT molecular complexity index is 626. The Morgan fingerprint density at radius 3 is 2.81 bits per heavy atom. The number of nitrogens with one attached hydrogen (secondary N) is 2. The van der Waals surface area contributed by atoms with E-state index in [1.54, 1.807) is 18.2 Å². The summed E-state index contributed by atoms with van der Waals surface area (Å²) in [5, 5.41) is 8.95. The zero-order valence-electron chi connectivity index (χ0n) is 12.0. The average molecular weight is 292 g/mol. The summed E-state index contributed by atoms with van der Waals surface area (Å²) in [6.45, 7) is 2.25. The van der Waals surface area contributed by atoms with Crippen LogP contribution in [0.25, 0.3) is 0 Å². The number of carbonyl (C=O) groups excluding carboxylic acids is 1. The number of methoxy groups -OCH3 is 2. The van der Waals surface area contributed by atoms with E-state index in [-0.39, 0.29) is 12.0 Å². The minimum Gasteiger partial charge on any atom is -0.497 e. The third-order valence-corrected chi connectivity index (χ3v) is 2.62. The SMILES string of the molecule is CCOc1n[nH]c(NC(=O)c2cc(OC)ccc2OC)n1. The van der Waals surface area contributed by atoms with Crippen LogP contribution < -0.4 is 19.5 Å². The number of hydrogen-bond acceptors (Lipinski definition) is 6. The minimum atomic E-state index is -0.398. The average Bonchev–Trinajstić information content (AvgIpc) is 2.94. The summed E-state index contributed by atoms with van der Waals surface area (Å²) in [7, 11) is 3.01. The molecule has 0 fully saturated rings. The standard InChI is InChI=1S/C13H16N4O4/c1-4-21-13-15-12(16-17-13)14-11(18)9-7-8(19-2)5-6-10(9)20-3/h5-7H,4H2,1-3H3,(H2,14,15,16,17,18). The van der Waals surface area contributed by atoms with Gasteiger partial charge in [0.15, 0.2) is 0 Å². The van der Waals surface area contributed by atoms with Crippen LogP contribution in [0.2, 0.25) is 0 Å². The van der Waals surface area contributed by atoms with Crippen molar-refractivity contribution in [2.45, 2.75) is 6.92 Å². The highest BCUT2D eigenvalue weighted by molar-refractivity contribution is 6.05. The number of H-pyrrole nitrogens is 1. The second kappa shape index (κ2) is 6.60. The number of aromatic nitrogens is 3. The van der Waals surface area contributed by atoms with E-state index in [4.69, 9.17) is 14.2 Å². The lowest BCUT2D eigenvalue weighted by Crippen LogP contribution is -2.14. The van der Waals surface area contributed by atoms with Crippen LogP contribution in [0.3, 0.4) is 0 Å². The van der Waals surface area contributed by atoms with E-state index in [0.29, 0.717) is 23.7 Å². The third-order valence-electron chi connectivity index (χ3n) is 2.62. The molecule has 0 radical (unpaired) electrons. The fraction of sp³-hybridized carbons (Fsp3) is 0.308. The van der Waals surface area contributed by atoms with E-state index < -0.39 is 5.91 Å². The quantitative estimate of drug-likeness (QED) is 0.836. The monoisotopic (exact) mass is 292 g/mol. The summed E-state index contributed by atoms with van der Waals surface area (Å²) in [4.78, 5) is 16.2. The second-order valence-corrected chi connectivity index (χ2v) is 3.92. The van der Waals surface area contributed by atoms with Crippen LogP contribution in [0.1, 0.15) is 17.3 Å². The molecule has 0 unspecified atom stereocenters. The van der Waals surface area contributed by atoms with Gasteiger partial charge in [-0.15, -0.1) is 5.10 Å². The van der Waals surface area contributed by atoms with Crippen molar-refractivity contribution in [3.05, 3.63) is 23.8 Å². The van der Waals surface area contributed by atoms with Crippen molar-refractivity contribution in [2.75, 3.05) is 26.1 Å². The van der Waals surface area contributed by atoms with Gasteiger partial charge in [-0.25, -0.2) is 5.10 Å². The van der Waals surface area contributed by atoms with Crippen molar-refractivity contribution < 1.29 is 19.0 Å². The van der Waals surface area contributed by atoms with E-state index in [1.165, 1.54) is 14.2 Å². The molecule has 0 saturated carbocycles. The maximum absolute atomic E-state index is 12.3. The summed E-state index contributed by atoms with van der Waals surface area (Å²) in [6.07, 6.45) is 0. The van der Waals surface area contributed by atoms with Gasteiger partial charge in [-0.05, 0) is 25.1 Å². The Labute approximate surface area is 121 Å². The van der Waals surface area contributed by atoms with Gasteiger partial charge in [0.2, 0.25) is 5.95 Å². The zero-order valence-corrected chi connectivity index (χ0v) is 12.0. The van der Waals surface area contributed by atoms with Crippen LogP contribution in [0.4, 0.5) is 5.95 Å². The van der Waals surface area contributed by atoms with Crippen molar-refractivity contribution in [3.8, 4) is 17.5 Å². The highest BCUT2D eigenvalue weighted by atomic mass is 16.5. The minimum absolute atomic E-state index is 0.172. The van der Waals surface area contributed by atoms with Gasteiger partial charge in [0.25, 0.3) is 5.91 Å². The molecular weight excluding hydrogens is 276 g/mol. The van der Waals surface area contributed by atoms with Crippen molar-refractivity contribution in [2.24, 2.45) is 0 Å². The Hall–Kier alpha value is -2.77. The first-order valence-corrected chi connectivity index (χ1v) is 6.26. The molecule has 1 amide bonds. The highest BCUT2D eigenvalue weighted by Crippen LogP contribution is 2.24. The number of rotatable bonds is 6. The fourth-order valence-corrected chi connectivity index (χ4v) is 1.66. The van der Waals surface area contributed by atoms with Gasteiger partial charge < -0.3 is 14.2 Å². The normalized spacial score (nSPS) is 10.0. The van der Waals surface area contributed by atoms with Crippen LogP contribution in [0, 0.1) is 0 Å². The smallest absolute Gasteiger partial charge is 0.337 e. The lowest BCUT2D eigenvalue weighted by atomic mass is 10.1. The molecule has 0 atom stereocenters. The van der Waals surface area contributed by atoms with Gasteiger partial charge in [-0.3, -0.25) is 10.1 Å². The zero-order chi connectivity index (χ0) is 15.2. The molecule has 112 valence electrons. The maximum atomic E-state index is 12.3. The Balaban J connectivity index is 2.18. The maximum Gasteiger partial charge on any atom is 0.337 e. The number of nitrogens with zero attached hydrogens (tertiary/aromatic N) is 2. The number of ether oxygens (including phenoxy) is 3. The van der Waals surface area contributed by atoms with E-state index in [2.05, 4.69) is 20.5 Å². The van der Waals surface area contributed by atoms with Gasteiger partial charge >= 0.3 is 6.01 Å². The van der Waals surface area contributed by atoms with Crippen molar-refractivity contribution in [3.63, 3.8) is 0 Å². The number of hydrogen-bond donors (Lipinski definition) is 2. The van der Waals surface area contributed by atoms with Crippen LogP contribution >= 0.6 is 0 Å². The summed E-state index contributed by atoms with van der Waals surface area (Å²) in [5.74, 6) is 0.768. The van der Waals surface area contributed by atoms with Crippen LogP contribution in [0.5, 0.6) is 17.5 Å². The molecule has 8 heteroatoms. The summed E-state index contributed by atoms with van der Waals surface area (Å²) >= 11 is 0. The molecule has 2 rings (SSSR count). The van der Waals surface area contributed by atoms with Gasteiger partial charge in [-0.2, -0.15) is 4.98 Å². The molecule has 2 aromatic rings. The molecule has 0 aliphatic rings. The van der Waals surface area contributed by atoms with Gasteiger partial charge in [0.1, 0.15) is 11.5 Å². The topological polar surface area (TPSA) is 98.4 Å². The van der Waals surface area contributed by atoms with E-state index in [1.807, 2.05) is 6.92 Å². The molecule has 0 aliphatic carbocycles. The largest absolute Gasteiger partial charge is 0.497 e. The molecule has 0 bridgehead atoms. The predicted octanol–water partition coefficient (Wildman–Crippen LogP) is 1.47. The Morgan fingerprint density at radius 1 is 1.33 bits per heavy atom. The van der Waals surface area contributed by atoms with Crippen molar-refractivity contribution >= 4 is 11.9 Å². The summed E-state index contributed by atoms with van der Waals surface area (Å²) < 4.78 is 15.4. The van der Waals surface area contributed by atoms with Crippen molar-refractivity contribution in [1.29, 1.82) is 0 Å². The first kappa shape index (κ1) is 14.6. The van der Waals surface area contributed by atoms with Gasteiger partial charge in [0.05, 0.1) is 26.4 Å². The number of amides is 1. The molecular formula is C13H16N4O4. The van der Waals surface area contributed by atoms with E-state index in [0.717, 1.165) is 0 Å². The molecule has 8 nitrogen and oxygen atoms in total. The molecule has 1 aromatic heterocycles. The highest BCUT2D eigenvalue weighted by Gasteiger charge is 2.15. The first-order valence-electron chi connectivity index (χ1n) is 6.26. The number of aromatic amines is 1. The molecule has 1 aromatic carbocycles. The van der Waals surface area contributed by atoms with E-state index >= 15 is 0 Å². The molecule has 0 aliphatic heterocycles. The van der Waals surface area contributed by atoms with Crippen molar-refractivity contribution in [1.82, 2.24) is 15.2 Å². The summed E-state index contributed by atoms with van der Waals surface area (Å²) in [5.41, 5.74) is 0.325. The van der Waals surface area contributed by atoms with Crippen LogP contribution in [0.15, 0.2) is 18.2 Å². The molecule has 0 saturated heterocycles. The first-order chi connectivity index (χ1) is 10.2. The lowest BCUT2D eigenvalue weighted by molar-refractivity contribution is 0.102. The van der Waals surface area contributed by atoms with Gasteiger partial charge in [-0.1, -0.05) is 0 Å².